The molecule has 110 valence electrons. The summed E-state index contributed by atoms with van der Waals surface area (Å²) in [6.07, 6.45) is 2.63. The highest BCUT2D eigenvalue weighted by Crippen LogP contribution is 2.19. The van der Waals surface area contributed by atoms with Gasteiger partial charge in [-0.3, -0.25) is 4.79 Å². The molecule has 1 heterocycles. The third kappa shape index (κ3) is 3.95. The number of carbonyl (C=O) groups is 1. The van der Waals surface area contributed by atoms with Crippen LogP contribution in [-0.4, -0.2) is 24.5 Å². The van der Waals surface area contributed by atoms with Crippen molar-refractivity contribution in [3.63, 3.8) is 0 Å². The van der Waals surface area contributed by atoms with Gasteiger partial charge in [0.25, 0.3) is 5.91 Å². The summed E-state index contributed by atoms with van der Waals surface area (Å²) in [5, 5.41) is 6.01. The normalized spacial score (nSPS) is 10.0. The average Bonchev–Trinajstić information content (AvgIpc) is 2.53. The molecule has 2 N–H and O–H groups in total. The number of hydrogen-bond acceptors (Lipinski definition) is 4. The van der Waals surface area contributed by atoms with Gasteiger partial charge in [-0.1, -0.05) is 13.0 Å². The van der Waals surface area contributed by atoms with Crippen LogP contribution in [0.5, 0.6) is 5.75 Å². The molecular weight excluding hydrogens is 266 g/mol. The molecule has 0 saturated carbocycles. The molecule has 1 amide bonds. The Morgan fingerprint density at radius 3 is 2.90 bits per heavy atom. The maximum absolute atomic E-state index is 12.4. The lowest BCUT2D eigenvalue weighted by Crippen LogP contribution is -2.16. The van der Waals surface area contributed by atoms with E-state index < -0.39 is 0 Å². The van der Waals surface area contributed by atoms with Gasteiger partial charge in [-0.25, -0.2) is 4.98 Å². The Labute approximate surface area is 124 Å². The number of carbonyl (C=O) groups excluding carboxylic acids is 1. The molecule has 0 saturated heterocycles. The summed E-state index contributed by atoms with van der Waals surface area (Å²) in [7, 11) is 1.59. The third-order valence-corrected chi connectivity index (χ3v) is 2.92. The molecule has 21 heavy (non-hydrogen) atoms. The molecule has 2 aromatic rings. The summed E-state index contributed by atoms with van der Waals surface area (Å²) in [6.45, 7) is 2.84. The number of aromatic nitrogens is 1. The minimum Gasteiger partial charge on any atom is -0.497 e. The molecule has 0 aliphatic rings. The van der Waals surface area contributed by atoms with Crippen LogP contribution in [0.25, 0.3) is 0 Å². The van der Waals surface area contributed by atoms with E-state index >= 15 is 0 Å². The SMILES string of the molecule is CCCNc1ncccc1C(=O)Nc1cccc(OC)c1. The lowest BCUT2D eigenvalue weighted by molar-refractivity contribution is 0.102. The number of pyridine rings is 1. The average molecular weight is 285 g/mol. The third-order valence-electron chi connectivity index (χ3n) is 2.92. The molecule has 1 aromatic carbocycles. The standard InChI is InChI=1S/C16H19N3O2/c1-3-9-17-15-14(8-5-10-18-15)16(20)19-12-6-4-7-13(11-12)21-2/h4-8,10-11H,3,9H2,1-2H3,(H,17,18)(H,19,20). The van der Waals surface area contributed by atoms with E-state index in [1.54, 1.807) is 31.5 Å². The van der Waals surface area contributed by atoms with Crippen LogP contribution in [0.15, 0.2) is 42.6 Å². The van der Waals surface area contributed by atoms with E-state index in [-0.39, 0.29) is 5.91 Å². The summed E-state index contributed by atoms with van der Waals surface area (Å²) in [5.74, 6) is 1.10. The number of hydrogen-bond donors (Lipinski definition) is 2. The molecule has 0 atom stereocenters. The van der Waals surface area contributed by atoms with Crippen molar-refractivity contribution in [3.8, 4) is 5.75 Å². The number of benzene rings is 1. The molecule has 0 bridgehead atoms. The zero-order valence-electron chi connectivity index (χ0n) is 12.2. The zero-order valence-corrected chi connectivity index (χ0v) is 12.2. The van der Waals surface area contributed by atoms with Gasteiger partial charge in [0.05, 0.1) is 12.7 Å². The highest BCUT2D eigenvalue weighted by Gasteiger charge is 2.12. The van der Waals surface area contributed by atoms with Gasteiger partial charge in [0.1, 0.15) is 11.6 Å². The summed E-state index contributed by atoms with van der Waals surface area (Å²) in [5.41, 5.74) is 1.21. The Bertz CT molecular complexity index is 614. The molecule has 0 aliphatic heterocycles. The first kappa shape index (κ1) is 14.8. The van der Waals surface area contributed by atoms with E-state index in [4.69, 9.17) is 4.74 Å². The van der Waals surface area contributed by atoms with E-state index in [0.717, 1.165) is 13.0 Å². The fraction of sp³-hybridized carbons (Fsp3) is 0.250. The van der Waals surface area contributed by atoms with Crippen LogP contribution in [-0.2, 0) is 0 Å². The minimum absolute atomic E-state index is 0.199. The highest BCUT2D eigenvalue weighted by atomic mass is 16.5. The molecule has 5 nitrogen and oxygen atoms in total. The quantitative estimate of drug-likeness (QED) is 0.855. The predicted octanol–water partition coefficient (Wildman–Crippen LogP) is 3.16. The van der Waals surface area contributed by atoms with Crippen LogP contribution < -0.4 is 15.4 Å². The van der Waals surface area contributed by atoms with E-state index in [9.17, 15) is 4.79 Å². The summed E-state index contributed by atoms with van der Waals surface area (Å²) in [4.78, 5) is 16.6. The van der Waals surface area contributed by atoms with Gasteiger partial charge >= 0.3 is 0 Å². The molecule has 0 spiro atoms. The van der Waals surface area contributed by atoms with Crippen LogP contribution in [0.1, 0.15) is 23.7 Å². The topological polar surface area (TPSA) is 63.2 Å². The fourth-order valence-electron chi connectivity index (χ4n) is 1.87. The lowest BCUT2D eigenvalue weighted by atomic mass is 10.2. The first-order valence-corrected chi connectivity index (χ1v) is 6.89. The van der Waals surface area contributed by atoms with Gasteiger partial charge in [-0.05, 0) is 30.7 Å². The molecule has 5 heteroatoms. The van der Waals surface area contributed by atoms with Gasteiger partial charge in [0.15, 0.2) is 0 Å². The molecule has 2 rings (SSSR count). The Hall–Kier alpha value is -2.56. The van der Waals surface area contributed by atoms with Crippen LogP contribution in [0.4, 0.5) is 11.5 Å². The van der Waals surface area contributed by atoms with Crippen LogP contribution in [0.2, 0.25) is 0 Å². The number of ether oxygens (including phenoxy) is 1. The van der Waals surface area contributed by atoms with E-state index in [0.29, 0.717) is 22.8 Å². The number of rotatable bonds is 6. The van der Waals surface area contributed by atoms with Crippen LogP contribution >= 0.6 is 0 Å². The predicted molar refractivity (Wildman–Crippen MR) is 84.0 cm³/mol. The zero-order chi connectivity index (χ0) is 15.1. The summed E-state index contributed by atoms with van der Waals surface area (Å²) in [6, 6.07) is 10.7. The first-order valence-electron chi connectivity index (χ1n) is 6.89. The van der Waals surface area contributed by atoms with Crippen LogP contribution in [0, 0.1) is 0 Å². The second-order valence-electron chi connectivity index (χ2n) is 4.51. The number of nitrogens with one attached hydrogen (secondary N) is 2. The number of amides is 1. The van der Waals surface area contributed by atoms with Crippen molar-refractivity contribution in [2.75, 3.05) is 24.3 Å². The Kier molecular flexibility index (Phi) is 5.15. The minimum atomic E-state index is -0.199. The second kappa shape index (κ2) is 7.28. The molecular formula is C16H19N3O2. The maximum atomic E-state index is 12.4. The Balaban J connectivity index is 2.16. The van der Waals surface area contributed by atoms with E-state index in [2.05, 4.69) is 22.5 Å². The molecule has 0 aliphatic carbocycles. The van der Waals surface area contributed by atoms with Gasteiger partial charge in [0.2, 0.25) is 0 Å². The number of nitrogens with zero attached hydrogens (tertiary/aromatic N) is 1. The van der Waals surface area contributed by atoms with Crippen molar-refractivity contribution >= 4 is 17.4 Å². The van der Waals surface area contributed by atoms with Crippen molar-refractivity contribution < 1.29 is 9.53 Å². The fourth-order valence-corrected chi connectivity index (χ4v) is 1.87. The largest absolute Gasteiger partial charge is 0.497 e. The number of anilines is 2. The van der Waals surface area contributed by atoms with E-state index in [1.165, 1.54) is 0 Å². The van der Waals surface area contributed by atoms with Gasteiger partial charge in [-0.15, -0.1) is 0 Å². The smallest absolute Gasteiger partial charge is 0.259 e. The van der Waals surface area contributed by atoms with Crippen molar-refractivity contribution in [2.24, 2.45) is 0 Å². The van der Waals surface area contributed by atoms with Crippen LogP contribution in [0.3, 0.4) is 0 Å². The van der Waals surface area contributed by atoms with E-state index in [1.807, 2.05) is 18.2 Å². The van der Waals surface area contributed by atoms with Crippen molar-refractivity contribution in [3.05, 3.63) is 48.2 Å². The Morgan fingerprint density at radius 1 is 1.29 bits per heavy atom. The van der Waals surface area contributed by atoms with Gasteiger partial charge in [0, 0.05) is 24.5 Å². The molecule has 0 radical (unpaired) electrons. The monoisotopic (exact) mass is 285 g/mol. The molecule has 1 aromatic heterocycles. The summed E-state index contributed by atoms with van der Waals surface area (Å²) < 4.78 is 5.14. The molecule has 0 fully saturated rings. The number of methoxy groups -OCH3 is 1. The van der Waals surface area contributed by atoms with Crippen molar-refractivity contribution in [1.82, 2.24) is 4.98 Å². The molecule has 0 unspecified atom stereocenters. The Morgan fingerprint density at radius 2 is 2.14 bits per heavy atom. The van der Waals surface area contributed by atoms with Gasteiger partial charge < -0.3 is 15.4 Å². The first-order chi connectivity index (χ1) is 10.2. The summed E-state index contributed by atoms with van der Waals surface area (Å²) >= 11 is 0. The van der Waals surface area contributed by atoms with Gasteiger partial charge in [-0.2, -0.15) is 0 Å². The second-order valence-corrected chi connectivity index (χ2v) is 4.51. The maximum Gasteiger partial charge on any atom is 0.259 e. The van der Waals surface area contributed by atoms with Crippen molar-refractivity contribution in [1.29, 1.82) is 0 Å². The van der Waals surface area contributed by atoms with Crippen molar-refractivity contribution in [2.45, 2.75) is 13.3 Å². The lowest BCUT2D eigenvalue weighted by Gasteiger charge is -2.11. The highest BCUT2D eigenvalue weighted by molar-refractivity contribution is 6.07.